The Kier molecular flexibility index (Phi) is 8.06. The summed E-state index contributed by atoms with van der Waals surface area (Å²) < 4.78 is 48.6. The average Bonchev–Trinajstić information content (AvgIpc) is 3.45. The van der Waals surface area contributed by atoms with Crippen molar-refractivity contribution in [2.45, 2.75) is 19.0 Å². The molecule has 0 radical (unpaired) electrons. The molecule has 0 spiro atoms. The Balaban J connectivity index is 1.48. The summed E-state index contributed by atoms with van der Waals surface area (Å²) >= 11 is 3.67. The second-order valence-corrected chi connectivity index (χ2v) is 12.2. The molecule has 2 heterocycles. The van der Waals surface area contributed by atoms with Gasteiger partial charge in [-0.15, -0.1) is 11.3 Å². The molecular weight excluding hydrogens is 635 g/mol. The highest BCUT2D eigenvalue weighted by atomic mass is 79.9. The number of aromatic hydroxyl groups is 1. The number of para-hydroxylation sites is 2. The van der Waals surface area contributed by atoms with Crippen LogP contribution in [-0.2, 0) is 17.5 Å². The fourth-order valence-corrected chi connectivity index (χ4v) is 6.86. The number of ether oxygens (including phenoxy) is 3. The van der Waals surface area contributed by atoms with Crippen molar-refractivity contribution in [1.82, 2.24) is 4.90 Å². The molecule has 0 bridgehead atoms. The summed E-state index contributed by atoms with van der Waals surface area (Å²) in [4.78, 5) is 1.98. The molecule has 11 heteroatoms. The smallest absolute Gasteiger partial charge is 0.504 e. The summed E-state index contributed by atoms with van der Waals surface area (Å²) in [6, 6.07) is 24.3. The van der Waals surface area contributed by atoms with Gasteiger partial charge in [0.2, 0.25) is 6.79 Å². The Morgan fingerprint density at radius 1 is 1.02 bits per heavy atom. The number of amidine groups is 1. The number of benzene rings is 4. The highest BCUT2D eigenvalue weighted by Crippen LogP contribution is 2.52. The SMILES string of the molecule is C=CC1c2cc(OC)c(O)cc2C/C(=N/P(=O)(Oc2ccccc2)Oc2ccccc2)N1Cc1cc2c(cc1Br)OCO2. The van der Waals surface area contributed by atoms with Gasteiger partial charge in [0.15, 0.2) is 23.0 Å². The summed E-state index contributed by atoms with van der Waals surface area (Å²) in [6.45, 7) is 4.58. The summed E-state index contributed by atoms with van der Waals surface area (Å²) in [5.74, 6) is 2.69. The maximum Gasteiger partial charge on any atom is 0.564 e. The van der Waals surface area contributed by atoms with Crippen LogP contribution in [0.25, 0.3) is 0 Å². The van der Waals surface area contributed by atoms with Crippen molar-refractivity contribution in [3.63, 3.8) is 0 Å². The van der Waals surface area contributed by atoms with E-state index >= 15 is 0 Å². The first-order chi connectivity index (χ1) is 20.9. The van der Waals surface area contributed by atoms with Gasteiger partial charge in [0.05, 0.1) is 13.2 Å². The van der Waals surface area contributed by atoms with Crippen molar-refractivity contribution in [2.24, 2.45) is 4.76 Å². The van der Waals surface area contributed by atoms with Crippen molar-refractivity contribution in [3.8, 4) is 34.5 Å². The van der Waals surface area contributed by atoms with E-state index in [1.807, 2.05) is 29.2 Å². The topological polar surface area (TPSA) is 99.1 Å². The normalized spacial score (nSPS) is 16.5. The quantitative estimate of drug-likeness (QED) is 0.143. The summed E-state index contributed by atoms with van der Waals surface area (Å²) in [5.41, 5.74) is 2.51. The van der Waals surface area contributed by atoms with Crippen LogP contribution in [0.2, 0.25) is 0 Å². The molecule has 1 unspecified atom stereocenters. The van der Waals surface area contributed by atoms with Gasteiger partial charge in [-0.3, -0.25) is 0 Å². The minimum atomic E-state index is -4.21. The minimum Gasteiger partial charge on any atom is -0.504 e. The van der Waals surface area contributed by atoms with Crippen LogP contribution in [0.5, 0.6) is 34.5 Å². The third-order valence-electron chi connectivity index (χ3n) is 7.05. The lowest BCUT2D eigenvalue weighted by molar-refractivity contribution is 0.174. The zero-order chi connectivity index (χ0) is 30.0. The molecular formula is C32H28BrN2O7P. The molecule has 0 aliphatic carbocycles. The predicted molar refractivity (Wildman–Crippen MR) is 166 cm³/mol. The van der Waals surface area contributed by atoms with Gasteiger partial charge in [0.1, 0.15) is 17.3 Å². The molecule has 43 heavy (non-hydrogen) atoms. The van der Waals surface area contributed by atoms with Gasteiger partial charge in [0, 0.05) is 17.4 Å². The average molecular weight is 663 g/mol. The van der Waals surface area contributed by atoms with E-state index in [2.05, 4.69) is 22.5 Å². The van der Waals surface area contributed by atoms with Gasteiger partial charge in [-0.1, -0.05) is 58.4 Å². The van der Waals surface area contributed by atoms with Gasteiger partial charge in [0.25, 0.3) is 0 Å². The lowest BCUT2D eigenvalue weighted by atomic mass is 9.90. The number of hydrogen-bond donors (Lipinski definition) is 1. The maximum atomic E-state index is 14.5. The van der Waals surface area contributed by atoms with E-state index < -0.39 is 13.8 Å². The van der Waals surface area contributed by atoms with E-state index in [9.17, 15) is 9.67 Å². The van der Waals surface area contributed by atoms with Crippen LogP contribution >= 0.6 is 23.7 Å². The van der Waals surface area contributed by atoms with Crippen molar-refractivity contribution >= 4 is 29.5 Å². The second kappa shape index (κ2) is 12.1. The first kappa shape index (κ1) is 28.7. The molecule has 0 saturated carbocycles. The first-order valence-corrected chi connectivity index (χ1v) is 15.7. The molecule has 220 valence electrons. The van der Waals surface area contributed by atoms with E-state index in [4.69, 9.17) is 28.0 Å². The van der Waals surface area contributed by atoms with Crippen molar-refractivity contribution < 1.29 is 32.9 Å². The number of fused-ring (bicyclic) bond motifs is 2. The number of hydrogen-bond acceptors (Lipinski definition) is 7. The number of nitrogens with zero attached hydrogens (tertiary/aromatic N) is 2. The number of methoxy groups -OCH3 is 1. The van der Waals surface area contributed by atoms with Gasteiger partial charge >= 0.3 is 7.75 Å². The summed E-state index contributed by atoms with van der Waals surface area (Å²) in [6.07, 6.45) is 1.99. The van der Waals surface area contributed by atoms with Crippen LogP contribution in [0.3, 0.4) is 0 Å². The Hall–Kier alpha value is -4.40. The third-order valence-corrected chi connectivity index (χ3v) is 9.14. The zero-order valence-corrected chi connectivity index (χ0v) is 25.7. The fourth-order valence-electron chi connectivity index (χ4n) is 5.05. The minimum absolute atomic E-state index is 0.0142. The number of phenolic OH excluding ortho intramolecular Hbond substituents is 1. The largest absolute Gasteiger partial charge is 0.564 e. The summed E-state index contributed by atoms with van der Waals surface area (Å²) in [7, 11) is -2.71. The number of halogens is 1. The van der Waals surface area contributed by atoms with E-state index in [1.165, 1.54) is 7.11 Å². The molecule has 4 aromatic carbocycles. The highest BCUT2D eigenvalue weighted by molar-refractivity contribution is 9.10. The van der Waals surface area contributed by atoms with Crippen molar-refractivity contribution in [1.29, 1.82) is 0 Å². The molecule has 2 aliphatic heterocycles. The lowest BCUT2D eigenvalue weighted by Gasteiger charge is -2.39. The molecule has 1 N–H and O–H groups in total. The Morgan fingerprint density at radius 3 is 2.26 bits per heavy atom. The van der Waals surface area contributed by atoms with Gasteiger partial charge in [-0.05, 0) is 65.2 Å². The van der Waals surface area contributed by atoms with Crippen molar-refractivity contribution in [3.05, 3.63) is 119 Å². The number of phenols is 1. The van der Waals surface area contributed by atoms with Gasteiger partial charge in [-0.2, -0.15) is 0 Å². The van der Waals surface area contributed by atoms with E-state index in [-0.39, 0.29) is 19.0 Å². The fraction of sp³-hybridized carbons (Fsp3) is 0.156. The Labute approximate surface area is 257 Å². The van der Waals surface area contributed by atoms with Crippen LogP contribution < -0.4 is 23.3 Å². The molecule has 0 saturated heterocycles. The maximum absolute atomic E-state index is 14.5. The van der Waals surface area contributed by atoms with E-state index in [0.29, 0.717) is 41.1 Å². The molecule has 6 rings (SSSR count). The molecule has 0 amide bonds. The van der Waals surface area contributed by atoms with Gasteiger partial charge in [-0.25, -0.2) is 4.57 Å². The van der Waals surface area contributed by atoms with Crippen molar-refractivity contribution in [2.75, 3.05) is 13.9 Å². The Morgan fingerprint density at radius 2 is 1.65 bits per heavy atom. The monoisotopic (exact) mass is 662 g/mol. The summed E-state index contributed by atoms with van der Waals surface area (Å²) in [5, 5.41) is 10.6. The molecule has 0 fully saturated rings. The first-order valence-electron chi connectivity index (χ1n) is 13.4. The van der Waals surface area contributed by atoms with Crippen LogP contribution in [0, 0.1) is 0 Å². The lowest BCUT2D eigenvalue weighted by Crippen LogP contribution is -2.39. The van der Waals surface area contributed by atoms with E-state index in [1.54, 1.807) is 66.7 Å². The standard InChI is InChI=1S/C32H28BrN2O7P/c1-3-27-25-17-29(38-2)28(36)14-21(25)16-32(35(27)19-22-15-30-31(18-26(22)33)40-20-39-30)34-43(37,41-23-10-6-4-7-11-23)42-24-12-8-5-9-13-24/h3-15,17-18,27,36H,1,16,19-20H2,2H3/b34-32-. The molecule has 1 atom stereocenters. The van der Waals surface area contributed by atoms with Crippen LogP contribution in [0.4, 0.5) is 0 Å². The number of rotatable bonds is 9. The molecule has 9 nitrogen and oxygen atoms in total. The van der Waals surface area contributed by atoms with Gasteiger partial charge < -0.3 is 33.3 Å². The second-order valence-electron chi connectivity index (χ2n) is 9.80. The Bertz CT molecular complexity index is 1690. The van der Waals surface area contributed by atoms with Crippen LogP contribution in [0.15, 0.2) is 107 Å². The third kappa shape index (κ3) is 6.07. The highest BCUT2D eigenvalue weighted by Gasteiger charge is 2.36. The molecule has 0 aromatic heterocycles. The zero-order valence-electron chi connectivity index (χ0n) is 23.2. The van der Waals surface area contributed by atoms with Crippen LogP contribution in [-0.4, -0.2) is 29.7 Å². The molecule has 4 aromatic rings. The molecule has 2 aliphatic rings. The van der Waals surface area contributed by atoms with Crippen LogP contribution in [0.1, 0.15) is 22.7 Å². The van der Waals surface area contributed by atoms with E-state index in [0.717, 1.165) is 21.2 Å². The predicted octanol–water partition coefficient (Wildman–Crippen LogP) is 7.84.